The predicted octanol–water partition coefficient (Wildman–Crippen LogP) is -1.11. The normalized spacial score (nSPS) is 24.3. The number of hydrogen-bond acceptors (Lipinski definition) is 10. The highest BCUT2D eigenvalue weighted by Crippen LogP contribution is 2.36. The number of hydrogen-bond donors (Lipinski definition) is 2. The highest BCUT2D eigenvalue weighted by molar-refractivity contribution is 5.95. The Hall–Kier alpha value is -3.15. The largest absolute Gasteiger partial charge is 0.463 e. The average molecular weight is 384 g/mol. The first kappa shape index (κ1) is 20.2. The Morgan fingerprint density at radius 2 is 1.70 bits per heavy atom. The number of ether oxygens (including phenoxy) is 4. The fraction of sp³-hybridized carbons (Fsp3) is 0.533. The average Bonchev–Trinajstić information content (AvgIpc) is 3.06. The number of nitrogen functional groups attached to an aromatic ring is 1. The molecule has 0 spiro atoms. The van der Waals surface area contributed by atoms with Crippen LogP contribution in [0.15, 0.2) is 6.33 Å². The molecule has 1 saturated heterocycles. The van der Waals surface area contributed by atoms with Crippen molar-refractivity contribution in [2.24, 2.45) is 5.73 Å². The lowest BCUT2D eigenvalue weighted by molar-refractivity contribution is -0.166. The Bertz CT molecular complexity index is 761. The first-order chi connectivity index (χ1) is 12.6. The number of carbonyl (C=O) groups is 4. The standard InChI is InChI=1S/C15H20N4O8/c1-6(20)24-4-9-11(25-7(2)21)12(26-8(3)22)15(27-9)19-5-18-10(13(19)16)14(17)23/h5,9,11-12,15H,4,16H2,1-3H3,(H2,17,23)/t9-,11-,12+,15-/m0/s1. The van der Waals surface area contributed by atoms with Gasteiger partial charge in [-0.2, -0.15) is 0 Å². The third kappa shape index (κ3) is 4.53. The smallest absolute Gasteiger partial charge is 0.303 e. The van der Waals surface area contributed by atoms with E-state index in [1.165, 1.54) is 17.8 Å². The molecule has 2 heterocycles. The highest BCUT2D eigenvalue weighted by Gasteiger charge is 2.51. The molecular formula is C15H20N4O8. The van der Waals surface area contributed by atoms with Crippen molar-refractivity contribution < 1.29 is 38.1 Å². The molecule has 27 heavy (non-hydrogen) atoms. The molecule has 12 nitrogen and oxygen atoms in total. The lowest BCUT2D eigenvalue weighted by Crippen LogP contribution is -2.40. The fourth-order valence-corrected chi connectivity index (χ4v) is 2.68. The van der Waals surface area contributed by atoms with Crippen molar-refractivity contribution in [2.75, 3.05) is 12.3 Å². The first-order valence-corrected chi connectivity index (χ1v) is 7.87. The summed E-state index contributed by atoms with van der Waals surface area (Å²) < 4.78 is 22.4. The summed E-state index contributed by atoms with van der Waals surface area (Å²) in [5, 5.41) is 0. The SMILES string of the molecule is CC(=O)OC[C@@H]1O[C@H](n2cnc(C(N)=O)c2N)[C@H](OC(C)=O)[C@H]1OC(C)=O. The van der Waals surface area contributed by atoms with Crippen LogP contribution in [0.5, 0.6) is 0 Å². The molecule has 12 heteroatoms. The van der Waals surface area contributed by atoms with E-state index >= 15 is 0 Å². The summed E-state index contributed by atoms with van der Waals surface area (Å²) in [6.07, 6.45) is -3.10. The molecule has 0 aliphatic carbocycles. The number of primary amides is 1. The van der Waals surface area contributed by atoms with Crippen molar-refractivity contribution in [1.82, 2.24) is 9.55 Å². The summed E-state index contributed by atoms with van der Waals surface area (Å²) in [4.78, 5) is 49.3. The fourth-order valence-electron chi connectivity index (χ4n) is 2.68. The molecule has 0 unspecified atom stereocenters. The van der Waals surface area contributed by atoms with Crippen LogP contribution in [0.3, 0.4) is 0 Å². The van der Waals surface area contributed by atoms with Gasteiger partial charge in [-0.1, -0.05) is 0 Å². The van der Waals surface area contributed by atoms with Crippen LogP contribution >= 0.6 is 0 Å². The Kier molecular flexibility index (Phi) is 6.00. The zero-order valence-electron chi connectivity index (χ0n) is 14.9. The summed E-state index contributed by atoms with van der Waals surface area (Å²) >= 11 is 0. The first-order valence-electron chi connectivity index (χ1n) is 7.87. The lowest BCUT2D eigenvalue weighted by Gasteiger charge is -2.24. The minimum atomic E-state index is -1.14. The lowest BCUT2D eigenvalue weighted by atomic mass is 10.1. The number of rotatable bonds is 6. The molecule has 1 aromatic heterocycles. The van der Waals surface area contributed by atoms with Gasteiger partial charge in [-0.3, -0.25) is 23.7 Å². The highest BCUT2D eigenvalue weighted by atomic mass is 16.7. The summed E-state index contributed by atoms with van der Waals surface area (Å²) in [7, 11) is 0. The number of carbonyl (C=O) groups excluding carboxylic acids is 4. The van der Waals surface area contributed by atoms with E-state index in [0.29, 0.717) is 0 Å². The Labute approximate surface area is 153 Å². The van der Waals surface area contributed by atoms with Gasteiger partial charge in [-0.25, -0.2) is 4.98 Å². The molecule has 0 bridgehead atoms. The zero-order chi connectivity index (χ0) is 20.3. The van der Waals surface area contributed by atoms with Gasteiger partial charge in [0.25, 0.3) is 5.91 Å². The molecule has 148 valence electrons. The molecule has 4 N–H and O–H groups in total. The maximum absolute atomic E-state index is 11.5. The predicted molar refractivity (Wildman–Crippen MR) is 86.8 cm³/mol. The van der Waals surface area contributed by atoms with E-state index in [1.807, 2.05) is 0 Å². The Morgan fingerprint density at radius 3 is 2.19 bits per heavy atom. The molecule has 1 aliphatic heterocycles. The minimum absolute atomic E-state index is 0.126. The second kappa shape index (κ2) is 8.03. The van der Waals surface area contributed by atoms with Crippen LogP contribution in [-0.4, -0.2) is 58.3 Å². The number of nitrogens with zero attached hydrogens (tertiary/aromatic N) is 2. The van der Waals surface area contributed by atoms with E-state index in [1.54, 1.807) is 0 Å². The zero-order valence-corrected chi connectivity index (χ0v) is 14.9. The van der Waals surface area contributed by atoms with Crippen LogP contribution in [0, 0.1) is 0 Å². The van der Waals surface area contributed by atoms with Crippen LogP contribution in [0.25, 0.3) is 0 Å². The van der Waals surface area contributed by atoms with Gasteiger partial charge in [0.15, 0.2) is 24.1 Å². The number of amides is 1. The van der Waals surface area contributed by atoms with Crippen molar-refractivity contribution >= 4 is 29.6 Å². The topological polar surface area (TPSA) is 175 Å². The van der Waals surface area contributed by atoms with Gasteiger partial charge < -0.3 is 30.4 Å². The summed E-state index contributed by atoms with van der Waals surface area (Å²) in [6, 6.07) is 0. The van der Waals surface area contributed by atoms with Crippen molar-refractivity contribution in [3.05, 3.63) is 12.0 Å². The third-order valence-electron chi connectivity index (χ3n) is 3.68. The monoisotopic (exact) mass is 384 g/mol. The maximum atomic E-state index is 11.5. The van der Waals surface area contributed by atoms with E-state index in [9.17, 15) is 19.2 Å². The maximum Gasteiger partial charge on any atom is 0.303 e. The van der Waals surface area contributed by atoms with E-state index < -0.39 is 48.4 Å². The molecule has 4 atom stereocenters. The van der Waals surface area contributed by atoms with Gasteiger partial charge in [-0.15, -0.1) is 0 Å². The van der Waals surface area contributed by atoms with E-state index in [4.69, 9.17) is 30.4 Å². The molecule has 0 radical (unpaired) electrons. The second-order valence-electron chi connectivity index (χ2n) is 5.77. The van der Waals surface area contributed by atoms with Crippen molar-refractivity contribution in [2.45, 2.75) is 45.3 Å². The van der Waals surface area contributed by atoms with Gasteiger partial charge in [0.1, 0.15) is 18.5 Å². The van der Waals surface area contributed by atoms with E-state index in [0.717, 1.165) is 13.8 Å². The van der Waals surface area contributed by atoms with E-state index in [-0.39, 0.29) is 18.1 Å². The van der Waals surface area contributed by atoms with Crippen LogP contribution < -0.4 is 11.5 Å². The third-order valence-corrected chi connectivity index (χ3v) is 3.68. The summed E-state index contributed by atoms with van der Waals surface area (Å²) in [5.41, 5.74) is 10.9. The van der Waals surface area contributed by atoms with Gasteiger partial charge in [0.05, 0.1) is 6.33 Å². The van der Waals surface area contributed by atoms with Crippen molar-refractivity contribution in [3.8, 4) is 0 Å². The molecule has 1 aliphatic rings. The quantitative estimate of drug-likeness (QED) is 0.451. The Balaban J connectivity index is 2.41. The molecular weight excluding hydrogens is 364 g/mol. The minimum Gasteiger partial charge on any atom is -0.463 e. The summed E-state index contributed by atoms with van der Waals surface area (Å²) in [6.45, 7) is 3.26. The molecule has 0 saturated carbocycles. The van der Waals surface area contributed by atoms with Crippen molar-refractivity contribution in [1.29, 1.82) is 0 Å². The summed E-state index contributed by atoms with van der Waals surface area (Å²) in [5.74, 6) is -2.90. The van der Waals surface area contributed by atoms with Crippen LogP contribution in [0.1, 0.15) is 37.5 Å². The van der Waals surface area contributed by atoms with Crippen LogP contribution in [0.4, 0.5) is 5.82 Å². The molecule has 1 amide bonds. The van der Waals surface area contributed by atoms with Gasteiger partial charge in [-0.05, 0) is 0 Å². The number of esters is 3. The van der Waals surface area contributed by atoms with Gasteiger partial charge in [0.2, 0.25) is 0 Å². The number of anilines is 1. The number of aromatic nitrogens is 2. The number of imidazole rings is 1. The van der Waals surface area contributed by atoms with E-state index in [2.05, 4.69) is 4.98 Å². The molecule has 2 rings (SSSR count). The van der Waals surface area contributed by atoms with Gasteiger partial charge >= 0.3 is 17.9 Å². The molecule has 1 aromatic rings. The van der Waals surface area contributed by atoms with Crippen LogP contribution in [0.2, 0.25) is 0 Å². The molecule has 0 aromatic carbocycles. The second-order valence-corrected chi connectivity index (χ2v) is 5.77. The number of nitrogens with two attached hydrogens (primary N) is 2. The van der Waals surface area contributed by atoms with Gasteiger partial charge in [0, 0.05) is 20.8 Å². The Morgan fingerprint density at radius 1 is 1.11 bits per heavy atom. The molecule has 1 fully saturated rings. The van der Waals surface area contributed by atoms with Crippen molar-refractivity contribution in [3.63, 3.8) is 0 Å². The van der Waals surface area contributed by atoms with Crippen LogP contribution in [-0.2, 0) is 33.3 Å².